The Kier molecular flexibility index (Phi) is 5.47. The van der Waals surface area contributed by atoms with Gasteiger partial charge in [0.25, 0.3) is 0 Å². The summed E-state index contributed by atoms with van der Waals surface area (Å²) in [5.41, 5.74) is 3.90. The third-order valence-electron chi connectivity index (χ3n) is 3.43. The van der Waals surface area contributed by atoms with Crippen molar-refractivity contribution in [3.8, 4) is 0 Å². The third kappa shape index (κ3) is 4.52. The summed E-state index contributed by atoms with van der Waals surface area (Å²) < 4.78 is 0. The Morgan fingerprint density at radius 1 is 0.682 bits per heavy atom. The van der Waals surface area contributed by atoms with Gasteiger partial charge in [0.15, 0.2) is 5.78 Å². The van der Waals surface area contributed by atoms with Gasteiger partial charge >= 0.3 is 0 Å². The maximum atomic E-state index is 12.5. The lowest BCUT2D eigenvalue weighted by molar-refractivity contribution is 0.103. The molecule has 0 atom stereocenters. The fourth-order valence-corrected chi connectivity index (χ4v) is 2.42. The van der Waals surface area contributed by atoms with Gasteiger partial charge in [-0.25, -0.2) is 0 Å². The standard InChI is InChI=1S/C19H24N2O/c1-20(2)13-15-5-9-17(10-6-15)19(22)18-11-7-16(8-12-18)14-21(3)4/h5-12H,13-14H2,1-4H3. The zero-order valence-corrected chi connectivity index (χ0v) is 13.8. The second-order valence-corrected chi connectivity index (χ2v) is 6.20. The second-order valence-electron chi connectivity index (χ2n) is 6.20. The number of carbonyl (C=O) groups is 1. The van der Waals surface area contributed by atoms with Gasteiger partial charge in [0.2, 0.25) is 0 Å². The second kappa shape index (κ2) is 7.34. The molecule has 0 saturated carbocycles. The van der Waals surface area contributed by atoms with Gasteiger partial charge in [0.1, 0.15) is 0 Å². The molecule has 22 heavy (non-hydrogen) atoms. The van der Waals surface area contributed by atoms with E-state index in [0.717, 1.165) is 24.2 Å². The van der Waals surface area contributed by atoms with E-state index in [9.17, 15) is 4.79 Å². The Hall–Kier alpha value is -1.97. The highest BCUT2D eigenvalue weighted by atomic mass is 16.1. The van der Waals surface area contributed by atoms with Crippen molar-refractivity contribution in [2.75, 3.05) is 28.2 Å². The van der Waals surface area contributed by atoms with E-state index in [1.165, 1.54) is 11.1 Å². The van der Waals surface area contributed by atoms with Crippen LogP contribution in [0.15, 0.2) is 48.5 Å². The quantitative estimate of drug-likeness (QED) is 0.766. The first-order valence-corrected chi connectivity index (χ1v) is 7.48. The van der Waals surface area contributed by atoms with Gasteiger partial charge in [0.05, 0.1) is 0 Å². The van der Waals surface area contributed by atoms with Crippen LogP contribution in [0, 0.1) is 0 Å². The highest BCUT2D eigenvalue weighted by molar-refractivity contribution is 6.08. The van der Waals surface area contributed by atoms with Gasteiger partial charge in [-0.1, -0.05) is 48.5 Å². The molecule has 0 radical (unpaired) electrons. The van der Waals surface area contributed by atoms with Crippen molar-refractivity contribution in [1.29, 1.82) is 0 Å². The minimum atomic E-state index is 0.0767. The average Bonchev–Trinajstić information content (AvgIpc) is 2.47. The lowest BCUT2D eigenvalue weighted by Gasteiger charge is -2.11. The fourth-order valence-electron chi connectivity index (χ4n) is 2.42. The van der Waals surface area contributed by atoms with Gasteiger partial charge < -0.3 is 9.80 Å². The van der Waals surface area contributed by atoms with Gasteiger partial charge in [-0.15, -0.1) is 0 Å². The molecule has 0 heterocycles. The van der Waals surface area contributed by atoms with Gasteiger partial charge in [-0.05, 0) is 39.3 Å². The lowest BCUT2D eigenvalue weighted by atomic mass is 10.0. The molecule has 0 aliphatic rings. The maximum Gasteiger partial charge on any atom is 0.193 e. The van der Waals surface area contributed by atoms with Gasteiger partial charge in [-0.3, -0.25) is 4.79 Å². The highest BCUT2D eigenvalue weighted by Gasteiger charge is 2.09. The number of hydrogen-bond acceptors (Lipinski definition) is 3. The van der Waals surface area contributed by atoms with Crippen LogP contribution in [0.4, 0.5) is 0 Å². The highest BCUT2D eigenvalue weighted by Crippen LogP contribution is 2.13. The monoisotopic (exact) mass is 296 g/mol. The molecule has 2 aromatic carbocycles. The molecule has 0 spiro atoms. The largest absolute Gasteiger partial charge is 0.305 e. The Morgan fingerprint density at radius 2 is 1.00 bits per heavy atom. The van der Waals surface area contributed by atoms with Crippen molar-refractivity contribution in [2.24, 2.45) is 0 Å². The molecule has 0 N–H and O–H groups in total. The van der Waals surface area contributed by atoms with Crippen LogP contribution in [0.2, 0.25) is 0 Å². The van der Waals surface area contributed by atoms with Crippen LogP contribution in [0.1, 0.15) is 27.0 Å². The van der Waals surface area contributed by atoms with E-state index in [4.69, 9.17) is 0 Å². The molecule has 0 bridgehead atoms. The van der Waals surface area contributed by atoms with Crippen LogP contribution >= 0.6 is 0 Å². The predicted molar refractivity (Wildman–Crippen MR) is 91.1 cm³/mol. The summed E-state index contributed by atoms with van der Waals surface area (Å²) in [6, 6.07) is 15.7. The van der Waals surface area contributed by atoms with E-state index in [0.29, 0.717) is 0 Å². The Balaban J connectivity index is 2.10. The van der Waals surface area contributed by atoms with Crippen LogP contribution in [-0.2, 0) is 13.1 Å². The van der Waals surface area contributed by atoms with E-state index in [2.05, 4.69) is 9.80 Å². The number of ketones is 1. The fraction of sp³-hybridized carbons (Fsp3) is 0.316. The minimum absolute atomic E-state index is 0.0767. The van der Waals surface area contributed by atoms with E-state index < -0.39 is 0 Å². The number of rotatable bonds is 6. The summed E-state index contributed by atoms with van der Waals surface area (Å²) >= 11 is 0. The van der Waals surface area contributed by atoms with E-state index in [1.807, 2.05) is 76.7 Å². The number of benzene rings is 2. The molecule has 2 rings (SSSR count). The van der Waals surface area contributed by atoms with Crippen molar-refractivity contribution in [1.82, 2.24) is 9.80 Å². The number of hydrogen-bond donors (Lipinski definition) is 0. The van der Waals surface area contributed by atoms with E-state index in [1.54, 1.807) is 0 Å². The van der Waals surface area contributed by atoms with Crippen molar-refractivity contribution in [2.45, 2.75) is 13.1 Å². The molecule has 3 heteroatoms. The molecule has 0 saturated heterocycles. The van der Waals surface area contributed by atoms with Crippen molar-refractivity contribution >= 4 is 5.78 Å². The molecule has 0 unspecified atom stereocenters. The number of nitrogens with zero attached hydrogens (tertiary/aromatic N) is 2. The zero-order valence-electron chi connectivity index (χ0n) is 13.8. The summed E-state index contributed by atoms with van der Waals surface area (Å²) in [6.45, 7) is 1.77. The number of carbonyl (C=O) groups excluding carboxylic acids is 1. The first-order valence-electron chi connectivity index (χ1n) is 7.48. The van der Waals surface area contributed by atoms with Crippen LogP contribution in [-0.4, -0.2) is 43.8 Å². The maximum absolute atomic E-state index is 12.5. The molecule has 0 aliphatic carbocycles. The van der Waals surface area contributed by atoms with Crippen LogP contribution in [0.5, 0.6) is 0 Å². The molecule has 3 nitrogen and oxygen atoms in total. The summed E-state index contributed by atoms with van der Waals surface area (Å²) in [7, 11) is 8.14. The van der Waals surface area contributed by atoms with Crippen molar-refractivity contribution in [3.63, 3.8) is 0 Å². The van der Waals surface area contributed by atoms with Crippen LogP contribution < -0.4 is 0 Å². The summed E-state index contributed by atoms with van der Waals surface area (Å²) in [5.74, 6) is 0.0767. The Labute approximate surface area is 133 Å². The zero-order chi connectivity index (χ0) is 16.1. The van der Waals surface area contributed by atoms with Crippen molar-refractivity contribution in [3.05, 3.63) is 70.8 Å². The molecule has 0 aromatic heterocycles. The lowest BCUT2D eigenvalue weighted by Crippen LogP contribution is -2.11. The van der Waals surface area contributed by atoms with Gasteiger partial charge in [0, 0.05) is 24.2 Å². The third-order valence-corrected chi connectivity index (χ3v) is 3.43. The SMILES string of the molecule is CN(C)Cc1ccc(C(=O)c2ccc(CN(C)C)cc2)cc1. The van der Waals surface area contributed by atoms with Crippen LogP contribution in [0.3, 0.4) is 0 Å². The topological polar surface area (TPSA) is 23.6 Å². The Morgan fingerprint density at radius 3 is 1.27 bits per heavy atom. The molecular formula is C19H24N2O. The predicted octanol–water partition coefficient (Wildman–Crippen LogP) is 3.04. The smallest absolute Gasteiger partial charge is 0.193 e. The van der Waals surface area contributed by atoms with Crippen LogP contribution in [0.25, 0.3) is 0 Å². The first kappa shape index (κ1) is 16.4. The molecule has 116 valence electrons. The normalized spacial score (nSPS) is 11.2. The average molecular weight is 296 g/mol. The molecule has 0 amide bonds. The summed E-state index contributed by atoms with van der Waals surface area (Å²) in [5, 5.41) is 0. The van der Waals surface area contributed by atoms with E-state index >= 15 is 0 Å². The minimum Gasteiger partial charge on any atom is -0.305 e. The Bertz CT molecular complexity index is 557. The first-order chi connectivity index (χ1) is 10.5. The summed E-state index contributed by atoms with van der Waals surface area (Å²) in [6.07, 6.45) is 0. The molecular weight excluding hydrogens is 272 g/mol. The molecule has 0 aliphatic heterocycles. The summed E-state index contributed by atoms with van der Waals surface area (Å²) in [4.78, 5) is 16.7. The van der Waals surface area contributed by atoms with Crippen molar-refractivity contribution < 1.29 is 4.79 Å². The molecule has 0 fully saturated rings. The van der Waals surface area contributed by atoms with Gasteiger partial charge in [-0.2, -0.15) is 0 Å². The molecule has 2 aromatic rings. The van der Waals surface area contributed by atoms with E-state index in [-0.39, 0.29) is 5.78 Å².